The normalized spacial score (nSPS) is 10.6. The minimum atomic E-state index is 0.0510. The van der Waals surface area contributed by atoms with E-state index in [9.17, 15) is 4.79 Å². The van der Waals surface area contributed by atoms with Crippen molar-refractivity contribution < 1.29 is 9.53 Å². The fourth-order valence-electron chi connectivity index (χ4n) is 2.67. The Kier molecular flexibility index (Phi) is 8.75. The monoisotopic (exact) mass is 402 g/mol. The van der Waals surface area contributed by atoms with Crippen molar-refractivity contribution in [3.63, 3.8) is 0 Å². The molecule has 0 spiro atoms. The lowest BCUT2D eigenvalue weighted by Gasteiger charge is -2.07. The van der Waals surface area contributed by atoms with Gasteiger partial charge in [-0.05, 0) is 44.0 Å². The molecule has 0 saturated carbocycles. The molecule has 0 aliphatic carbocycles. The molecule has 0 unspecified atom stereocenters. The van der Waals surface area contributed by atoms with E-state index in [4.69, 9.17) is 4.74 Å². The summed E-state index contributed by atoms with van der Waals surface area (Å²) in [5, 5.41) is 1.11. The Labute approximate surface area is 159 Å². The molecule has 0 aliphatic heterocycles. The molecule has 134 valence electrons. The second-order valence-electron chi connectivity index (χ2n) is 6.38. The van der Waals surface area contributed by atoms with Crippen molar-refractivity contribution >= 4 is 21.7 Å². The van der Waals surface area contributed by atoms with Crippen LogP contribution in [0.2, 0.25) is 0 Å². The van der Waals surface area contributed by atoms with Crippen molar-refractivity contribution in [2.24, 2.45) is 0 Å². The first-order valence-corrected chi connectivity index (χ1v) is 10.2. The Balaban J connectivity index is 1.72. The van der Waals surface area contributed by atoms with Gasteiger partial charge in [-0.25, -0.2) is 0 Å². The fraction of sp³-hybridized carbons (Fsp3) is 0.409. The van der Waals surface area contributed by atoms with E-state index in [1.54, 1.807) is 0 Å². The summed E-state index contributed by atoms with van der Waals surface area (Å²) in [6.45, 7) is 2.76. The topological polar surface area (TPSA) is 26.3 Å². The number of hydrogen-bond donors (Lipinski definition) is 0. The second kappa shape index (κ2) is 11.1. The zero-order chi connectivity index (χ0) is 17.9. The van der Waals surface area contributed by atoms with E-state index >= 15 is 0 Å². The highest BCUT2D eigenvalue weighted by Gasteiger charge is 2.08. The highest BCUT2D eigenvalue weighted by molar-refractivity contribution is 9.09. The summed E-state index contributed by atoms with van der Waals surface area (Å²) in [4.78, 5) is 12.4. The van der Waals surface area contributed by atoms with Crippen LogP contribution in [0.1, 0.15) is 60.0 Å². The van der Waals surface area contributed by atoms with Crippen LogP contribution in [0, 0.1) is 6.92 Å². The molecular weight excluding hydrogens is 376 g/mol. The molecule has 0 atom stereocenters. The molecular formula is C22H27BrO2. The molecule has 2 nitrogen and oxygen atoms in total. The average Bonchev–Trinajstić information content (AvgIpc) is 2.64. The van der Waals surface area contributed by atoms with E-state index in [1.165, 1.54) is 32.1 Å². The van der Waals surface area contributed by atoms with Crippen LogP contribution in [0.3, 0.4) is 0 Å². The fourth-order valence-corrected chi connectivity index (χ4v) is 3.06. The van der Waals surface area contributed by atoms with E-state index in [1.807, 2.05) is 55.5 Å². The number of alkyl halides is 1. The van der Waals surface area contributed by atoms with Gasteiger partial charge in [0, 0.05) is 16.5 Å². The van der Waals surface area contributed by atoms with Gasteiger partial charge in [0.2, 0.25) is 0 Å². The van der Waals surface area contributed by atoms with Gasteiger partial charge in [-0.1, -0.05) is 71.4 Å². The van der Waals surface area contributed by atoms with Gasteiger partial charge in [0.25, 0.3) is 0 Å². The Morgan fingerprint density at radius 2 is 1.32 bits per heavy atom. The number of rotatable bonds is 11. The molecule has 0 heterocycles. The van der Waals surface area contributed by atoms with Crippen LogP contribution in [0.4, 0.5) is 0 Å². The minimum Gasteiger partial charge on any atom is -0.494 e. The highest BCUT2D eigenvalue weighted by atomic mass is 79.9. The predicted octanol–water partition coefficient (Wildman–Crippen LogP) is 6.34. The standard InChI is InChI=1S/C22H27BrO2/c1-18-8-10-19(11-9-18)22(24)20-12-14-21(15-13-20)25-17-7-5-3-2-4-6-16-23/h8-15H,2-7,16-17H2,1H3. The molecule has 0 saturated heterocycles. The first kappa shape index (κ1) is 19.7. The van der Waals surface area contributed by atoms with Crippen molar-refractivity contribution in [1.29, 1.82) is 0 Å². The van der Waals surface area contributed by atoms with Gasteiger partial charge in [-0.3, -0.25) is 4.79 Å². The number of carbonyl (C=O) groups is 1. The molecule has 2 aromatic rings. The summed E-state index contributed by atoms with van der Waals surface area (Å²) in [5.41, 5.74) is 2.57. The molecule has 0 amide bonds. The predicted molar refractivity (Wildman–Crippen MR) is 108 cm³/mol. The summed E-state index contributed by atoms with van der Waals surface area (Å²) in [6.07, 6.45) is 7.46. The van der Waals surface area contributed by atoms with E-state index in [-0.39, 0.29) is 5.78 Å². The minimum absolute atomic E-state index is 0.0510. The maximum absolute atomic E-state index is 12.4. The highest BCUT2D eigenvalue weighted by Crippen LogP contribution is 2.16. The van der Waals surface area contributed by atoms with Crippen LogP contribution in [0.25, 0.3) is 0 Å². The summed E-state index contributed by atoms with van der Waals surface area (Å²) in [6, 6.07) is 15.1. The van der Waals surface area contributed by atoms with Crippen LogP contribution in [-0.2, 0) is 0 Å². The summed E-state index contributed by atoms with van der Waals surface area (Å²) < 4.78 is 5.77. The third-order valence-corrected chi connectivity index (χ3v) is 4.79. The lowest BCUT2D eigenvalue weighted by Crippen LogP contribution is -2.02. The largest absolute Gasteiger partial charge is 0.494 e. The number of halogens is 1. The maximum Gasteiger partial charge on any atom is 0.193 e. The molecule has 0 bridgehead atoms. The van der Waals surface area contributed by atoms with Crippen LogP contribution >= 0.6 is 15.9 Å². The zero-order valence-electron chi connectivity index (χ0n) is 15.0. The van der Waals surface area contributed by atoms with Crippen LogP contribution in [-0.4, -0.2) is 17.7 Å². The van der Waals surface area contributed by atoms with E-state index < -0.39 is 0 Å². The molecule has 0 aliphatic rings. The molecule has 3 heteroatoms. The average molecular weight is 403 g/mol. The van der Waals surface area contributed by atoms with Gasteiger partial charge in [0.05, 0.1) is 6.61 Å². The Morgan fingerprint density at radius 3 is 1.92 bits per heavy atom. The number of hydrogen-bond acceptors (Lipinski definition) is 2. The third kappa shape index (κ3) is 7.03. The SMILES string of the molecule is Cc1ccc(C(=O)c2ccc(OCCCCCCCCBr)cc2)cc1. The Hall–Kier alpha value is -1.61. The number of unbranched alkanes of at least 4 members (excludes halogenated alkanes) is 5. The van der Waals surface area contributed by atoms with Crippen molar-refractivity contribution in [2.75, 3.05) is 11.9 Å². The molecule has 25 heavy (non-hydrogen) atoms. The third-order valence-electron chi connectivity index (χ3n) is 4.23. The van der Waals surface area contributed by atoms with Crippen LogP contribution < -0.4 is 4.74 Å². The molecule has 2 aromatic carbocycles. The lowest BCUT2D eigenvalue weighted by molar-refractivity contribution is 0.103. The smallest absolute Gasteiger partial charge is 0.193 e. The number of ketones is 1. The molecule has 0 fully saturated rings. The van der Waals surface area contributed by atoms with Gasteiger partial charge < -0.3 is 4.74 Å². The van der Waals surface area contributed by atoms with Crippen molar-refractivity contribution in [3.8, 4) is 5.75 Å². The van der Waals surface area contributed by atoms with Gasteiger partial charge in [0.15, 0.2) is 5.78 Å². The first-order valence-electron chi connectivity index (χ1n) is 9.11. The Morgan fingerprint density at radius 1 is 0.800 bits per heavy atom. The van der Waals surface area contributed by atoms with Crippen molar-refractivity contribution in [1.82, 2.24) is 0 Å². The van der Waals surface area contributed by atoms with Gasteiger partial charge in [-0.2, -0.15) is 0 Å². The molecule has 0 N–H and O–H groups in total. The van der Waals surface area contributed by atoms with Crippen molar-refractivity contribution in [3.05, 3.63) is 65.2 Å². The molecule has 0 aromatic heterocycles. The van der Waals surface area contributed by atoms with Crippen LogP contribution in [0.5, 0.6) is 5.75 Å². The second-order valence-corrected chi connectivity index (χ2v) is 7.17. The summed E-state index contributed by atoms with van der Waals surface area (Å²) in [5.74, 6) is 0.884. The van der Waals surface area contributed by atoms with Gasteiger partial charge >= 0.3 is 0 Å². The number of benzene rings is 2. The van der Waals surface area contributed by atoms with E-state index in [2.05, 4.69) is 15.9 Å². The zero-order valence-corrected chi connectivity index (χ0v) is 16.6. The molecule has 2 rings (SSSR count). The van der Waals surface area contributed by atoms with Crippen LogP contribution in [0.15, 0.2) is 48.5 Å². The number of ether oxygens (including phenoxy) is 1. The van der Waals surface area contributed by atoms with E-state index in [0.29, 0.717) is 5.56 Å². The number of carbonyl (C=O) groups excluding carboxylic acids is 1. The maximum atomic E-state index is 12.4. The summed E-state index contributed by atoms with van der Waals surface area (Å²) in [7, 11) is 0. The van der Waals surface area contributed by atoms with Crippen molar-refractivity contribution in [2.45, 2.75) is 45.4 Å². The lowest BCUT2D eigenvalue weighted by atomic mass is 10.0. The molecule has 0 radical (unpaired) electrons. The van der Waals surface area contributed by atoms with E-state index in [0.717, 1.165) is 35.2 Å². The number of aryl methyl sites for hydroxylation is 1. The first-order chi connectivity index (χ1) is 12.2. The summed E-state index contributed by atoms with van der Waals surface area (Å²) >= 11 is 3.46. The van der Waals surface area contributed by atoms with Gasteiger partial charge in [-0.15, -0.1) is 0 Å². The van der Waals surface area contributed by atoms with Gasteiger partial charge in [0.1, 0.15) is 5.75 Å². The Bertz CT molecular complexity index is 632. The quantitative estimate of drug-likeness (QED) is 0.249.